The van der Waals surface area contributed by atoms with E-state index in [-0.39, 0.29) is 25.0 Å². The average molecular weight is 588 g/mol. The summed E-state index contributed by atoms with van der Waals surface area (Å²) in [6.07, 6.45) is 18.8. The Balaban J connectivity index is 3.25. The number of carbonyl (C=O) groups is 3. The largest absolute Gasteiger partial charge is 0.481 e. The van der Waals surface area contributed by atoms with Crippen molar-refractivity contribution >= 4 is 24.1 Å². The molecule has 0 spiro atoms. The second-order valence-electron chi connectivity index (χ2n) is 10.0. The topological polar surface area (TPSA) is 149 Å². The number of hydrogen-bond acceptors (Lipinski definition) is 8. The van der Waals surface area contributed by atoms with Crippen LogP contribution in [0.15, 0.2) is 0 Å². The summed E-state index contributed by atoms with van der Waals surface area (Å²) in [5, 5.41) is 14.1. The van der Waals surface area contributed by atoms with Crippen LogP contribution in [0.5, 0.6) is 0 Å². The molecule has 0 aliphatic rings. The molecule has 2 amide bonds. The molecule has 0 fully saturated rings. The lowest BCUT2D eigenvalue weighted by Gasteiger charge is -2.08. The van der Waals surface area contributed by atoms with E-state index in [1.807, 2.05) is 0 Å². The van der Waals surface area contributed by atoms with Crippen molar-refractivity contribution in [3.05, 3.63) is 0 Å². The normalized spacial score (nSPS) is 10.9. The number of carboxylic acids is 1. The van der Waals surface area contributed by atoms with E-state index in [4.69, 9.17) is 24.1 Å². The summed E-state index contributed by atoms with van der Waals surface area (Å²) >= 11 is 0. The summed E-state index contributed by atoms with van der Waals surface area (Å²) < 4.78 is 20.8. The number of ether oxygens (including phenoxy) is 4. The van der Waals surface area contributed by atoms with Gasteiger partial charge in [0, 0.05) is 25.9 Å². The Bertz CT molecular complexity index is 635. The maximum atomic E-state index is 11.9. The fourth-order valence-electron chi connectivity index (χ4n) is 4.07. The number of nitrogens with one attached hydrogen (secondary N) is 2. The summed E-state index contributed by atoms with van der Waals surface area (Å²) in [5.74, 6) is -0.872. The lowest BCUT2D eigenvalue weighted by atomic mass is 10.0. The first-order chi connectivity index (χ1) is 20.1. The van der Waals surface area contributed by atoms with Gasteiger partial charge in [-0.3, -0.25) is 19.2 Å². The second kappa shape index (κ2) is 32.4. The van der Waals surface area contributed by atoms with Crippen molar-refractivity contribution < 1.29 is 43.2 Å². The zero-order valence-corrected chi connectivity index (χ0v) is 25.1. The van der Waals surface area contributed by atoms with E-state index in [9.17, 15) is 19.2 Å². The minimum atomic E-state index is -0.689. The summed E-state index contributed by atoms with van der Waals surface area (Å²) in [6, 6.07) is 0. The van der Waals surface area contributed by atoms with Crippen molar-refractivity contribution in [3.63, 3.8) is 0 Å². The van der Waals surface area contributed by atoms with Crippen LogP contribution in [0.2, 0.25) is 0 Å². The predicted molar refractivity (Wildman–Crippen MR) is 156 cm³/mol. The molecule has 1 radical (unpaired) electrons. The van der Waals surface area contributed by atoms with E-state index in [1.54, 1.807) is 6.29 Å². The number of carboxylic acid groups (broad SMARTS) is 1. The Morgan fingerprint density at radius 2 is 0.927 bits per heavy atom. The SMILES string of the molecule is O=[C]COCCOCCNC(=O)COCCOCCNC(=O)CCCCCCCCCCCCCCCCC(=O)O. The molecule has 41 heavy (non-hydrogen) atoms. The standard InChI is InChI=1S/C30H55N2O9/c33-19-22-40-24-23-38-21-18-32-29(35)27-41-26-25-39-20-17-31-28(34)15-13-11-9-7-5-3-1-2-4-6-8-10-12-14-16-30(36)37/h1-18,20-27H2,(H,31,34)(H,32,35)(H,36,37). The Morgan fingerprint density at radius 1 is 0.512 bits per heavy atom. The minimum Gasteiger partial charge on any atom is -0.481 e. The van der Waals surface area contributed by atoms with E-state index in [0.717, 1.165) is 32.1 Å². The van der Waals surface area contributed by atoms with Crippen molar-refractivity contribution in [2.75, 3.05) is 65.9 Å². The highest BCUT2D eigenvalue weighted by Crippen LogP contribution is 2.13. The maximum absolute atomic E-state index is 11.9. The van der Waals surface area contributed by atoms with E-state index >= 15 is 0 Å². The fraction of sp³-hybridized carbons (Fsp3) is 0.867. The molecule has 0 bridgehead atoms. The molecule has 0 aromatic rings. The number of unbranched alkanes of at least 4 members (excludes halogenated alkanes) is 13. The van der Waals surface area contributed by atoms with Gasteiger partial charge in [-0.25, -0.2) is 0 Å². The van der Waals surface area contributed by atoms with E-state index in [0.29, 0.717) is 65.6 Å². The molecule has 0 aromatic heterocycles. The first-order valence-corrected chi connectivity index (χ1v) is 15.5. The Labute approximate surface area is 246 Å². The van der Waals surface area contributed by atoms with E-state index in [2.05, 4.69) is 10.6 Å². The summed E-state index contributed by atoms with van der Waals surface area (Å²) in [4.78, 5) is 43.9. The summed E-state index contributed by atoms with van der Waals surface area (Å²) in [5.41, 5.74) is 0. The van der Waals surface area contributed by atoms with Crippen LogP contribution in [-0.4, -0.2) is 95.1 Å². The first kappa shape index (κ1) is 38.9. The highest BCUT2D eigenvalue weighted by Gasteiger charge is 2.03. The van der Waals surface area contributed by atoms with Gasteiger partial charge in [-0.1, -0.05) is 77.0 Å². The molecule has 0 aromatic carbocycles. The van der Waals surface area contributed by atoms with Crippen LogP contribution in [0.25, 0.3) is 0 Å². The molecule has 11 heteroatoms. The van der Waals surface area contributed by atoms with Crippen molar-refractivity contribution in [3.8, 4) is 0 Å². The van der Waals surface area contributed by atoms with Gasteiger partial charge in [-0.05, 0) is 12.8 Å². The molecule has 0 unspecified atom stereocenters. The van der Waals surface area contributed by atoms with Gasteiger partial charge < -0.3 is 34.7 Å². The van der Waals surface area contributed by atoms with Crippen molar-refractivity contribution in [2.45, 2.75) is 103 Å². The average Bonchev–Trinajstić information content (AvgIpc) is 2.95. The first-order valence-electron chi connectivity index (χ1n) is 15.5. The Hall–Kier alpha value is -2.08. The molecule has 3 N–H and O–H groups in total. The quantitative estimate of drug-likeness (QED) is 0.0977. The van der Waals surface area contributed by atoms with Gasteiger partial charge in [-0.15, -0.1) is 0 Å². The molecular weight excluding hydrogens is 532 g/mol. The molecule has 0 rings (SSSR count). The molecule has 0 atom stereocenters. The van der Waals surface area contributed by atoms with Crippen LogP contribution in [0.4, 0.5) is 0 Å². The van der Waals surface area contributed by atoms with Gasteiger partial charge in [0.25, 0.3) is 0 Å². The molecule has 11 nitrogen and oxygen atoms in total. The summed E-state index contributed by atoms with van der Waals surface area (Å²) in [6.45, 7) is 2.74. The molecule has 0 saturated carbocycles. The van der Waals surface area contributed by atoms with Gasteiger partial charge in [0.2, 0.25) is 18.1 Å². The monoisotopic (exact) mass is 587 g/mol. The number of carbonyl (C=O) groups excluding carboxylic acids is 3. The van der Waals surface area contributed by atoms with Crippen LogP contribution in [0, 0.1) is 0 Å². The molecule has 0 aliphatic heterocycles. The van der Waals surface area contributed by atoms with Gasteiger partial charge in [0.05, 0.1) is 39.6 Å². The third-order valence-corrected chi connectivity index (χ3v) is 6.32. The zero-order chi connectivity index (χ0) is 30.1. The summed E-state index contributed by atoms with van der Waals surface area (Å²) in [7, 11) is 0. The van der Waals surface area contributed by atoms with Crippen molar-refractivity contribution in [2.24, 2.45) is 0 Å². The third-order valence-electron chi connectivity index (χ3n) is 6.32. The zero-order valence-electron chi connectivity index (χ0n) is 25.1. The Kier molecular flexibility index (Phi) is 30.8. The second-order valence-corrected chi connectivity index (χ2v) is 10.0. The smallest absolute Gasteiger partial charge is 0.303 e. The number of aliphatic carboxylic acids is 1. The minimum absolute atomic E-state index is 0.0550. The Morgan fingerprint density at radius 3 is 1.41 bits per heavy atom. The molecule has 239 valence electrons. The molecule has 0 heterocycles. The highest BCUT2D eigenvalue weighted by molar-refractivity contribution is 5.77. The van der Waals surface area contributed by atoms with E-state index in [1.165, 1.54) is 57.8 Å². The van der Waals surface area contributed by atoms with E-state index < -0.39 is 5.97 Å². The van der Waals surface area contributed by atoms with Gasteiger partial charge in [-0.2, -0.15) is 0 Å². The van der Waals surface area contributed by atoms with Gasteiger partial charge >= 0.3 is 5.97 Å². The van der Waals surface area contributed by atoms with Crippen LogP contribution in [0.1, 0.15) is 103 Å². The van der Waals surface area contributed by atoms with Crippen LogP contribution in [-0.2, 0) is 38.1 Å². The molecule has 0 saturated heterocycles. The van der Waals surface area contributed by atoms with Crippen LogP contribution in [0.3, 0.4) is 0 Å². The van der Waals surface area contributed by atoms with Crippen molar-refractivity contribution in [1.29, 1.82) is 0 Å². The lowest BCUT2D eigenvalue weighted by molar-refractivity contribution is -0.137. The number of rotatable bonds is 33. The van der Waals surface area contributed by atoms with Crippen molar-refractivity contribution in [1.82, 2.24) is 10.6 Å². The molecular formula is C30H55N2O9. The number of hydrogen-bond donors (Lipinski definition) is 3. The van der Waals surface area contributed by atoms with Crippen LogP contribution < -0.4 is 10.6 Å². The maximum Gasteiger partial charge on any atom is 0.303 e. The third kappa shape index (κ3) is 34.0. The van der Waals surface area contributed by atoms with Gasteiger partial charge in [0.1, 0.15) is 13.2 Å². The lowest BCUT2D eigenvalue weighted by Crippen LogP contribution is -2.31. The predicted octanol–water partition coefficient (Wildman–Crippen LogP) is 3.72. The van der Waals surface area contributed by atoms with Crippen LogP contribution >= 0.6 is 0 Å². The molecule has 0 aliphatic carbocycles. The fourth-order valence-corrected chi connectivity index (χ4v) is 4.07. The highest BCUT2D eigenvalue weighted by atomic mass is 16.5. The number of amides is 2. The van der Waals surface area contributed by atoms with Gasteiger partial charge in [0.15, 0.2) is 0 Å².